The van der Waals surface area contributed by atoms with Crippen LogP contribution in [0.25, 0.3) is 0 Å². The summed E-state index contributed by atoms with van der Waals surface area (Å²) in [6, 6.07) is 8.86. The second kappa shape index (κ2) is 5.51. The summed E-state index contributed by atoms with van der Waals surface area (Å²) < 4.78 is 26.1. The number of benzene rings is 1. The van der Waals surface area contributed by atoms with Gasteiger partial charge in [-0.15, -0.1) is 0 Å². The van der Waals surface area contributed by atoms with E-state index in [-0.39, 0.29) is 17.7 Å². The van der Waals surface area contributed by atoms with Gasteiger partial charge in [-0.05, 0) is 23.1 Å². The zero-order valence-corrected chi connectivity index (χ0v) is 11.7. The van der Waals surface area contributed by atoms with Crippen molar-refractivity contribution in [1.82, 2.24) is 4.72 Å². The third kappa shape index (κ3) is 5.30. The molecule has 4 nitrogen and oxygen atoms in total. The van der Waals surface area contributed by atoms with Gasteiger partial charge < -0.3 is 0 Å². The molecule has 1 N–H and O–H groups in total. The van der Waals surface area contributed by atoms with Gasteiger partial charge in [0.2, 0.25) is 10.0 Å². The highest BCUT2D eigenvalue weighted by Gasteiger charge is 2.20. The van der Waals surface area contributed by atoms with Gasteiger partial charge >= 0.3 is 0 Å². The number of nitrogens with one attached hydrogen (secondary N) is 1. The Morgan fingerprint density at radius 2 is 1.78 bits per heavy atom. The molecule has 98 valence electrons. The van der Waals surface area contributed by atoms with Gasteiger partial charge in [-0.1, -0.05) is 32.9 Å². The molecule has 5 heteroatoms. The van der Waals surface area contributed by atoms with Gasteiger partial charge in [-0.3, -0.25) is 0 Å². The quantitative estimate of drug-likeness (QED) is 0.906. The molecule has 0 spiro atoms. The fourth-order valence-corrected chi connectivity index (χ4v) is 3.14. The molecule has 0 atom stereocenters. The van der Waals surface area contributed by atoms with Crippen molar-refractivity contribution in [2.75, 3.05) is 5.75 Å². The van der Waals surface area contributed by atoms with Crippen molar-refractivity contribution in [2.24, 2.45) is 5.41 Å². The molecule has 0 amide bonds. The Bertz CT molecular complexity index is 534. The molecule has 0 bridgehead atoms. The SMILES string of the molecule is CC(C)(C)CS(=O)(=O)NCc1ccc(C#N)cc1. The van der Waals surface area contributed by atoms with E-state index in [1.165, 1.54) is 0 Å². The number of rotatable bonds is 4. The standard InChI is InChI=1S/C13H18N2O2S/c1-13(2,3)10-18(16,17)15-9-12-6-4-11(8-14)5-7-12/h4-7,15H,9-10H2,1-3H3. The molecule has 1 aromatic carbocycles. The Morgan fingerprint density at radius 3 is 2.22 bits per heavy atom. The predicted molar refractivity (Wildman–Crippen MR) is 71.2 cm³/mol. The van der Waals surface area contributed by atoms with E-state index in [9.17, 15) is 8.42 Å². The van der Waals surface area contributed by atoms with E-state index in [0.29, 0.717) is 5.56 Å². The molecular weight excluding hydrogens is 248 g/mol. The van der Waals surface area contributed by atoms with E-state index in [2.05, 4.69) is 4.72 Å². The van der Waals surface area contributed by atoms with Gasteiger partial charge in [0, 0.05) is 6.54 Å². The van der Waals surface area contributed by atoms with E-state index in [1.54, 1.807) is 24.3 Å². The Kier molecular flexibility index (Phi) is 4.49. The summed E-state index contributed by atoms with van der Waals surface area (Å²) in [5, 5.41) is 8.65. The van der Waals surface area contributed by atoms with Gasteiger partial charge in [-0.25, -0.2) is 13.1 Å². The van der Waals surface area contributed by atoms with E-state index in [1.807, 2.05) is 26.8 Å². The zero-order valence-electron chi connectivity index (χ0n) is 10.9. The zero-order chi connectivity index (χ0) is 13.8. The van der Waals surface area contributed by atoms with Crippen LogP contribution in [0.5, 0.6) is 0 Å². The minimum absolute atomic E-state index is 0.0935. The number of nitrogens with zero attached hydrogens (tertiary/aromatic N) is 1. The normalized spacial score (nSPS) is 12.1. The van der Waals surface area contributed by atoms with Crippen LogP contribution in [0.3, 0.4) is 0 Å². The highest BCUT2D eigenvalue weighted by Crippen LogP contribution is 2.15. The van der Waals surface area contributed by atoms with Gasteiger partial charge in [0.05, 0.1) is 17.4 Å². The maximum absolute atomic E-state index is 11.8. The number of nitriles is 1. The van der Waals surface area contributed by atoms with Crippen LogP contribution in [0, 0.1) is 16.7 Å². The van der Waals surface area contributed by atoms with Crippen LogP contribution in [0.4, 0.5) is 0 Å². The average Bonchev–Trinajstić information content (AvgIpc) is 2.24. The lowest BCUT2D eigenvalue weighted by molar-refractivity contribution is 0.458. The van der Waals surface area contributed by atoms with Crippen molar-refractivity contribution in [3.63, 3.8) is 0 Å². The Hall–Kier alpha value is -1.38. The largest absolute Gasteiger partial charge is 0.212 e. The van der Waals surface area contributed by atoms with Crippen molar-refractivity contribution < 1.29 is 8.42 Å². The number of sulfonamides is 1. The minimum Gasteiger partial charge on any atom is -0.212 e. The first-order valence-electron chi connectivity index (χ1n) is 5.68. The van der Waals surface area contributed by atoms with E-state index in [0.717, 1.165) is 5.56 Å². The van der Waals surface area contributed by atoms with Gasteiger partial charge in [0.15, 0.2) is 0 Å². The smallest absolute Gasteiger partial charge is 0.212 e. The van der Waals surface area contributed by atoms with Crippen LogP contribution in [0.15, 0.2) is 24.3 Å². The fourth-order valence-electron chi connectivity index (χ4n) is 1.51. The van der Waals surface area contributed by atoms with Crippen LogP contribution in [-0.4, -0.2) is 14.2 Å². The Labute approximate surface area is 109 Å². The molecule has 0 fully saturated rings. The first-order chi connectivity index (χ1) is 8.22. The predicted octanol–water partition coefficient (Wildman–Crippen LogP) is 2.02. The second-order valence-electron chi connectivity index (χ2n) is 5.45. The number of hydrogen-bond acceptors (Lipinski definition) is 3. The molecule has 0 unspecified atom stereocenters. The van der Waals surface area contributed by atoms with Crippen molar-refractivity contribution in [1.29, 1.82) is 5.26 Å². The second-order valence-corrected chi connectivity index (χ2v) is 7.26. The van der Waals surface area contributed by atoms with E-state index in [4.69, 9.17) is 5.26 Å². The van der Waals surface area contributed by atoms with Crippen LogP contribution < -0.4 is 4.72 Å². The van der Waals surface area contributed by atoms with Crippen molar-refractivity contribution in [3.8, 4) is 6.07 Å². The Balaban J connectivity index is 2.62. The molecule has 18 heavy (non-hydrogen) atoms. The van der Waals surface area contributed by atoms with Gasteiger partial charge in [0.25, 0.3) is 0 Å². The Morgan fingerprint density at radius 1 is 1.22 bits per heavy atom. The molecular formula is C13H18N2O2S. The van der Waals surface area contributed by atoms with E-state index >= 15 is 0 Å². The fraction of sp³-hybridized carbons (Fsp3) is 0.462. The first-order valence-corrected chi connectivity index (χ1v) is 7.33. The van der Waals surface area contributed by atoms with Crippen molar-refractivity contribution >= 4 is 10.0 Å². The molecule has 0 saturated heterocycles. The molecule has 0 aromatic heterocycles. The van der Waals surface area contributed by atoms with Crippen molar-refractivity contribution in [3.05, 3.63) is 35.4 Å². The molecule has 0 aliphatic rings. The van der Waals surface area contributed by atoms with E-state index < -0.39 is 10.0 Å². The molecule has 0 heterocycles. The summed E-state index contributed by atoms with van der Waals surface area (Å²) in [6.07, 6.45) is 0. The molecule has 1 aromatic rings. The monoisotopic (exact) mass is 266 g/mol. The summed E-state index contributed by atoms with van der Waals surface area (Å²) in [7, 11) is -3.27. The maximum atomic E-state index is 11.8. The summed E-state index contributed by atoms with van der Waals surface area (Å²) >= 11 is 0. The maximum Gasteiger partial charge on any atom is 0.212 e. The summed E-state index contributed by atoms with van der Waals surface area (Å²) in [5.74, 6) is 0.0935. The third-order valence-corrected chi connectivity index (χ3v) is 4.03. The highest BCUT2D eigenvalue weighted by atomic mass is 32.2. The topological polar surface area (TPSA) is 70.0 Å². The molecule has 1 rings (SSSR count). The van der Waals surface area contributed by atoms with Crippen LogP contribution >= 0.6 is 0 Å². The summed E-state index contributed by atoms with van der Waals surface area (Å²) in [6.45, 7) is 5.90. The average molecular weight is 266 g/mol. The highest BCUT2D eigenvalue weighted by molar-refractivity contribution is 7.89. The van der Waals surface area contributed by atoms with Crippen molar-refractivity contribution in [2.45, 2.75) is 27.3 Å². The lowest BCUT2D eigenvalue weighted by Gasteiger charge is -2.18. The number of hydrogen-bond donors (Lipinski definition) is 1. The van der Waals surface area contributed by atoms with Gasteiger partial charge in [0.1, 0.15) is 0 Å². The first kappa shape index (κ1) is 14.7. The minimum atomic E-state index is -3.27. The van der Waals surface area contributed by atoms with Gasteiger partial charge in [-0.2, -0.15) is 5.26 Å². The summed E-state index contributed by atoms with van der Waals surface area (Å²) in [4.78, 5) is 0. The summed E-state index contributed by atoms with van der Waals surface area (Å²) in [5.41, 5.74) is 1.14. The van der Waals surface area contributed by atoms with Crippen LogP contribution in [0.2, 0.25) is 0 Å². The van der Waals surface area contributed by atoms with Crippen LogP contribution in [-0.2, 0) is 16.6 Å². The molecule has 0 aliphatic carbocycles. The molecule has 0 saturated carbocycles. The lowest BCUT2D eigenvalue weighted by Crippen LogP contribution is -2.31. The van der Waals surface area contributed by atoms with Crippen LogP contribution in [0.1, 0.15) is 31.9 Å². The lowest BCUT2D eigenvalue weighted by atomic mass is 10.0. The molecule has 0 radical (unpaired) electrons. The third-order valence-electron chi connectivity index (χ3n) is 2.20. The molecule has 0 aliphatic heterocycles.